The number of anilines is 1. The van der Waals surface area contributed by atoms with Crippen LogP contribution in [0.5, 0.6) is 0 Å². The molecule has 1 aromatic heterocycles. The molecule has 1 unspecified atom stereocenters. The van der Waals surface area contributed by atoms with Crippen LogP contribution in [0.1, 0.15) is 51.3 Å². The number of nitrogen functional groups attached to an aromatic ring is 1. The zero-order valence-corrected chi connectivity index (χ0v) is 10.1. The zero-order valence-electron chi connectivity index (χ0n) is 10.1. The minimum Gasteiger partial charge on any atom is -0.382 e. The van der Waals surface area contributed by atoms with Crippen molar-refractivity contribution in [2.24, 2.45) is 11.3 Å². The van der Waals surface area contributed by atoms with Crippen molar-refractivity contribution >= 4 is 5.82 Å². The lowest BCUT2D eigenvalue weighted by molar-refractivity contribution is 0.603. The van der Waals surface area contributed by atoms with Gasteiger partial charge in [0.25, 0.3) is 0 Å². The van der Waals surface area contributed by atoms with E-state index in [0.717, 1.165) is 6.42 Å². The Labute approximate surface area is 91.4 Å². The summed E-state index contributed by atoms with van der Waals surface area (Å²) >= 11 is 0. The summed E-state index contributed by atoms with van der Waals surface area (Å²) in [6.07, 6.45) is 2.28. The second-order valence-corrected chi connectivity index (χ2v) is 5.84. The topological polar surface area (TPSA) is 54.7 Å². The van der Waals surface area contributed by atoms with Gasteiger partial charge in [0.1, 0.15) is 5.82 Å². The van der Waals surface area contributed by atoms with Crippen LogP contribution in [0.2, 0.25) is 0 Å². The molecule has 1 aliphatic rings. The van der Waals surface area contributed by atoms with Gasteiger partial charge in [0.2, 0.25) is 0 Å². The van der Waals surface area contributed by atoms with Gasteiger partial charge in [-0.3, -0.25) is 5.10 Å². The van der Waals surface area contributed by atoms with Crippen LogP contribution in [0.4, 0.5) is 5.82 Å². The SMILES string of the molecule is CC(C)Cc1c(N)n[nH]c1C1CC1(C)C. The predicted molar refractivity (Wildman–Crippen MR) is 62.7 cm³/mol. The molecule has 84 valence electrons. The van der Waals surface area contributed by atoms with Gasteiger partial charge in [0, 0.05) is 17.2 Å². The fourth-order valence-electron chi connectivity index (χ4n) is 2.26. The number of H-pyrrole nitrogens is 1. The summed E-state index contributed by atoms with van der Waals surface area (Å²) < 4.78 is 0. The lowest BCUT2D eigenvalue weighted by Crippen LogP contribution is -2.01. The lowest BCUT2D eigenvalue weighted by atomic mass is 9.98. The van der Waals surface area contributed by atoms with Crippen molar-refractivity contribution in [2.45, 2.75) is 46.5 Å². The molecule has 1 aromatic rings. The van der Waals surface area contributed by atoms with Gasteiger partial charge in [-0.2, -0.15) is 5.10 Å². The van der Waals surface area contributed by atoms with E-state index in [1.165, 1.54) is 17.7 Å². The van der Waals surface area contributed by atoms with Gasteiger partial charge in [0.05, 0.1) is 0 Å². The second-order valence-electron chi connectivity index (χ2n) is 5.84. The summed E-state index contributed by atoms with van der Waals surface area (Å²) in [4.78, 5) is 0. The molecule has 0 bridgehead atoms. The molecule has 0 aromatic carbocycles. The fraction of sp³-hybridized carbons (Fsp3) is 0.750. The number of nitrogens with one attached hydrogen (secondary N) is 1. The van der Waals surface area contributed by atoms with E-state index in [9.17, 15) is 0 Å². The Bertz CT molecular complexity index is 363. The maximum Gasteiger partial charge on any atom is 0.148 e. The van der Waals surface area contributed by atoms with Crippen LogP contribution in [0.3, 0.4) is 0 Å². The third-order valence-corrected chi connectivity index (χ3v) is 3.41. The van der Waals surface area contributed by atoms with Crippen molar-refractivity contribution in [2.75, 3.05) is 5.73 Å². The molecule has 1 saturated carbocycles. The van der Waals surface area contributed by atoms with Gasteiger partial charge in [-0.25, -0.2) is 0 Å². The smallest absolute Gasteiger partial charge is 0.148 e. The molecule has 0 amide bonds. The molecule has 1 aliphatic carbocycles. The number of aromatic amines is 1. The highest BCUT2D eigenvalue weighted by atomic mass is 15.2. The van der Waals surface area contributed by atoms with E-state index in [0.29, 0.717) is 23.1 Å². The van der Waals surface area contributed by atoms with Crippen LogP contribution < -0.4 is 5.73 Å². The number of aromatic nitrogens is 2. The molecular formula is C12H21N3. The molecule has 1 atom stereocenters. The summed E-state index contributed by atoms with van der Waals surface area (Å²) in [5, 5.41) is 7.27. The monoisotopic (exact) mass is 207 g/mol. The minimum absolute atomic E-state index is 0.435. The third kappa shape index (κ3) is 1.87. The quantitative estimate of drug-likeness (QED) is 0.800. The summed E-state index contributed by atoms with van der Waals surface area (Å²) in [6.45, 7) is 9.03. The number of nitrogens with zero attached hydrogens (tertiary/aromatic N) is 1. The second kappa shape index (κ2) is 3.26. The summed E-state index contributed by atoms with van der Waals surface area (Å²) in [5.74, 6) is 1.96. The van der Waals surface area contributed by atoms with Gasteiger partial charge in [-0.1, -0.05) is 27.7 Å². The first kappa shape index (κ1) is 10.5. The predicted octanol–water partition coefficient (Wildman–Crippen LogP) is 2.70. The van der Waals surface area contributed by atoms with Crippen LogP contribution in [-0.2, 0) is 6.42 Å². The molecule has 3 N–H and O–H groups in total. The van der Waals surface area contributed by atoms with Gasteiger partial charge in [-0.05, 0) is 24.2 Å². The number of hydrogen-bond acceptors (Lipinski definition) is 2. The average molecular weight is 207 g/mol. The molecule has 3 nitrogen and oxygen atoms in total. The molecule has 0 radical (unpaired) electrons. The first-order valence-corrected chi connectivity index (χ1v) is 5.74. The highest BCUT2D eigenvalue weighted by molar-refractivity contribution is 5.46. The van der Waals surface area contributed by atoms with Crippen molar-refractivity contribution in [1.82, 2.24) is 10.2 Å². The minimum atomic E-state index is 0.435. The molecule has 0 aliphatic heterocycles. The normalized spacial score (nSPS) is 23.4. The maximum atomic E-state index is 5.90. The van der Waals surface area contributed by atoms with Crippen molar-refractivity contribution in [3.8, 4) is 0 Å². The van der Waals surface area contributed by atoms with Crippen LogP contribution in [0, 0.1) is 11.3 Å². The summed E-state index contributed by atoms with van der Waals surface area (Å²) in [7, 11) is 0. The average Bonchev–Trinajstić information content (AvgIpc) is 2.58. The fourth-order valence-corrected chi connectivity index (χ4v) is 2.26. The molecule has 3 heteroatoms. The first-order chi connectivity index (χ1) is 6.92. The molecule has 1 heterocycles. The molecule has 0 saturated heterocycles. The van der Waals surface area contributed by atoms with Crippen LogP contribution in [-0.4, -0.2) is 10.2 Å². The number of rotatable bonds is 3. The maximum absolute atomic E-state index is 5.90. The van der Waals surface area contributed by atoms with Crippen molar-refractivity contribution < 1.29 is 0 Å². The van der Waals surface area contributed by atoms with Crippen LogP contribution in [0.15, 0.2) is 0 Å². The van der Waals surface area contributed by atoms with E-state index in [4.69, 9.17) is 5.73 Å². The highest BCUT2D eigenvalue weighted by Crippen LogP contribution is 2.59. The van der Waals surface area contributed by atoms with E-state index in [2.05, 4.69) is 37.9 Å². The van der Waals surface area contributed by atoms with E-state index < -0.39 is 0 Å². The first-order valence-electron chi connectivity index (χ1n) is 5.74. The van der Waals surface area contributed by atoms with E-state index >= 15 is 0 Å². The highest BCUT2D eigenvalue weighted by Gasteiger charge is 2.48. The van der Waals surface area contributed by atoms with Crippen molar-refractivity contribution in [3.05, 3.63) is 11.3 Å². The van der Waals surface area contributed by atoms with Crippen LogP contribution in [0.25, 0.3) is 0 Å². The van der Waals surface area contributed by atoms with Gasteiger partial charge < -0.3 is 5.73 Å². The van der Waals surface area contributed by atoms with Gasteiger partial charge >= 0.3 is 0 Å². The Balaban J connectivity index is 2.25. The number of nitrogens with two attached hydrogens (primary N) is 1. The standard InChI is InChI=1S/C12H21N3/c1-7(2)5-8-10(14-15-11(8)13)9-6-12(9,3)4/h7,9H,5-6H2,1-4H3,(H3,13,14,15). The number of hydrogen-bond donors (Lipinski definition) is 2. The van der Waals surface area contributed by atoms with Gasteiger partial charge in [-0.15, -0.1) is 0 Å². The van der Waals surface area contributed by atoms with Crippen molar-refractivity contribution in [1.29, 1.82) is 0 Å². The molecule has 0 spiro atoms. The third-order valence-electron chi connectivity index (χ3n) is 3.41. The van der Waals surface area contributed by atoms with Gasteiger partial charge in [0.15, 0.2) is 0 Å². The Kier molecular flexibility index (Phi) is 2.28. The Morgan fingerprint density at radius 2 is 2.13 bits per heavy atom. The Morgan fingerprint density at radius 3 is 2.60 bits per heavy atom. The zero-order chi connectivity index (χ0) is 11.2. The van der Waals surface area contributed by atoms with Crippen molar-refractivity contribution in [3.63, 3.8) is 0 Å². The summed E-state index contributed by atoms with van der Waals surface area (Å²) in [6, 6.07) is 0. The Morgan fingerprint density at radius 1 is 1.53 bits per heavy atom. The molecule has 1 fully saturated rings. The van der Waals surface area contributed by atoms with Crippen LogP contribution >= 0.6 is 0 Å². The summed E-state index contributed by atoms with van der Waals surface area (Å²) in [5.41, 5.74) is 8.87. The Hall–Kier alpha value is -0.990. The lowest BCUT2D eigenvalue weighted by Gasteiger charge is -2.07. The largest absolute Gasteiger partial charge is 0.382 e. The molecule has 15 heavy (non-hydrogen) atoms. The molecule has 2 rings (SSSR count). The van der Waals surface area contributed by atoms with E-state index in [1.807, 2.05) is 0 Å². The van der Waals surface area contributed by atoms with E-state index in [1.54, 1.807) is 0 Å². The van der Waals surface area contributed by atoms with E-state index in [-0.39, 0.29) is 0 Å². The molecular weight excluding hydrogens is 186 g/mol.